The molecule has 0 aromatic heterocycles. The van der Waals surface area contributed by atoms with Crippen molar-refractivity contribution in [1.29, 1.82) is 0 Å². The van der Waals surface area contributed by atoms with Gasteiger partial charge < -0.3 is 9.84 Å². The summed E-state index contributed by atoms with van der Waals surface area (Å²) in [6.07, 6.45) is 1.50. The number of phenolic OH excluding ortho intramolecular Hbond substituents is 1. The van der Waals surface area contributed by atoms with Crippen LogP contribution >= 0.6 is 15.9 Å². The molecule has 2 N–H and O–H groups in total. The van der Waals surface area contributed by atoms with E-state index in [1.165, 1.54) is 18.3 Å². The summed E-state index contributed by atoms with van der Waals surface area (Å²) in [4.78, 5) is 12.0. The molecule has 6 heteroatoms. The van der Waals surface area contributed by atoms with Crippen molar-refractivity contribution < 1.29 is 14.6 Å². The third-order valence-electron chi connectivity index (χ3n) is 2.79. The highest BCUT2D eigenvalue weighted by Gasteiger charge is 2.10. The largest absolute Gasteiger partial charge is 0.507 e. The fourth-order valence-electron chi connectivity index (χ4n) is 1.78. The Hall–Kier alpha value is -2.34. The van der Waals surface area contributed by atoms with Gasteiger partial charge in [-0.3, -0.25) is 4.79 Å². The number of amides is 1. The predicted molar refractivity (Wildman–Crippen MR) is 88.5 cm³/mol. The fraction of sp³-hybridized carbons (Fsp3) is 0.125. The molecule has 5 nitrogen and oxygen atoms in total. The second-order valence-electron chi connectivity index (χ2n) is 4.33. The number of carbonyl (C=O) groups is 1. The number of ether oxygens (including phenoxy) is 1. The summed E-state index contributed by atoms with van der Waals surface area (Å²) in [5, 5.41) is 13.6. The maximum Gasteiger partial charge on any atom is 0.275 e. The van der Waals surface area contributed by atoms with E-state index >= 15 is 0 Å². The number of rotatable bonds is 5. The molecule has 2 aromatic rings. The normalized spacial score (nSPS) is 10.6. The second kappa shape index (κ2) is 7.61. The van der Waals surface area contributed by atoms with Crippen LogP contribution in [0.2, 0.25) is 0 Å². The van der Waals surface area contributed by atoms with Crippen molar-refractivity contribution in [3.05, 3.63) is 58.1 Å². The Morgan fingerprint density at radius 1 is 1.36 bits per heavy atom. The molecule has 0 unspecified atom stereocenters. The van der Waals surface area contributed by atoms with Crippen LogP contribution in [0.5, 0.6) is 11.5 Å². The number of hydrazone groups is 1. The lowest BCUT2D eigenvalue weighted by atomic mass is 10.2. The van der Waals surface area contributed by atoms with E-state index in [9.17, 15) is 9.90 Å². The number of halogens is 1. The summed E-state index contributed by atoms with van der Waals surface area (Å²) >= 11 is 3.25. The Morgan fingerprint density at radius 2 is 2.14 bits per heavy atom. The first-order valence-electron chi connectivity index (χ1n) is 6.65. The highest BCUT2D eigenvalue weighted by molar-refractivity contribution is 9.10. The van der Waals surface area contributed by atoms with Crippen LogP contribution in [-0.4, -0.2) is 23.8 Å². The molecular weight excluding hydrogens is 348 g/mol. The average Bonchev–Trinajstić information content (AvgIpc) is 2.51. The van der Waals surface area contributed by atoms with Crippen molar-refractivity contribution in [1.82, 2.24) is 5.43 Å². The standard InChI is InChI=1S/C16H15BrN2O3/c1-2-22-15-6-4-3-5-11(15)10-18-19-16(21)13-9-12(17)7-8-14(13)20/h3-10,20H,2H2,1H3,(H,19,21). The van der Waals surface area contributed by atoms with E-state index in [0.29, 0.717) is 16.8 Å². The maximum atomic E-state index is 12.0. The zero-order valence-electron chi connectivity index (χ0n) is 11.9. The molecule has 0 fully saturated rings. The number of nitrogens with one attached hydrogen (secondary N) is 1. The van der Waals surface area contributed by atoms with E-state index in [1.807, 2.05) is 31.2 Å². The van der Waals surface area contributed by atoms with Crippen LogP contribution in [0.15, 0.2) is 52.0 Å². The van der Waals surface area contributed by atoms with Gasteiger partial charge in [-0.2, -0.15) is 5.10 Å². The molecule has 0 aliphatic carbocycles. The summed E-state index contributed by atoms with van der Waals surface area (Å²) in [6.45, 7) is 2.44. The number of hydrogen-bond acceptors (Lipinski definition) is 4. The van der Waals surface area contributed by atoms with E-state index in [4.69, 9.17) is 4.74 Å². The van der Waals surface area contributed by atoms with Crippen molar-refractivity contribution in [2.75, 3.05) is 6.61 Å². The number of aromatic hydroxyl groups is 1. The number of nitrogens with zero attached hydrogens (tertiary/aromatic N) is 1. The van der Waals surface area contributed by atoms with Crippen LogP contribution in [0.4, 0.5) is 0 Å². The molecule has 0 bridgehead atoms. The Labute approximate surface area is 136 Å². The molecule has 0 heterocycles. The van der Waals surface area contributed by atoms with Crippen LogP contribution in [0, 0.1) is 0 Å². The predicted octanol–water partition coefficient (Wildman–Crippen LogP) is 3.32. The third-order valence-corrected chi connectivity index (χ3v) is 3.29. The molecule has 0 aliphatic heterocycles. The van der Waals surface area contributed by atoms with Crippen molar-refractivity contribution in [3.8, 4) is 11.5 Å². The van der Waals surface area contributed by atoms with Gasteiger partial charge in [0.25, 0.3) is 5.91 Å². The van der Waals surface area contributed by atoms with Gasteiger partial charge in [0, 0.05) is 10.0 Å². The number of hydrogen-bond donors (Lipinski definition) is 2. The smallest absolute Gasteiger partial charge is 0.275 e. The van der Waals surface area contributed by atoms with Crippen LogP contribution in [0.25, 0.3) is 0 Å². The highest BCUT2D eigenvalue weighted by Crippen LogP contribution is 2.21. The van der Waals surface area contributed by atoms with Crippen molar-refractivity contribution in [3.63, 3.8) is 0 Å². The topological polar surface area (TPSA) is 70.9 Å². The minimum Gasteiger partial charge on any atom is -0.507 e. The number of para-hydroxylation sites is 1. The zero-order valence-corrected chi connectivity index (χ0v) is 13.5. The third kappa shape index (κ3) is 4.08. The maximum absolute atomic E-state index is 12.0. The summed E-state index contributed by atoms with van der Waals surface area (Å²) < 4.78 is 6.16. The van der Waals surface area contributed by atoms with Crippen LogP contribution in [-0.2, 0) is 0 Å². The van der Waals surface area contributed by atoms with Gasteiger partial charge in [0.2, 0.25) is 0 Å². The molecule has 0 saturated heterocycles. The lowest BCUT2D eigenvalue weighted by molar-refractivity contribution is 0.0952. The number of phenols is 1. The van der Waals surface area contributed by atoms with Crippen LogP contribution in [0.3, 0.4) is 0 Å². The Kier molecular flexibility index (Phi) is 5.55. The minimum absolute atomic E-state index is 0.106. The molecular formula is C16H15BrN2O3. The van der Waals surface area contributed by atoms with Crippen LogP contribution < -0.4 is 10.2 Å². The molecule has 114 valence electrons. The molecule has 2 rings (SSSR count). The fourth-order valence-corrected chi connectivity index (χ4v) is 2.15. The lowest BCUT2D eigenvalue weighted by Gasteiger charge is -2.06. The molecule has 1 amide bonds. The zero-order chi connectivity index (χ0) is 15.9. The van der Waals surface area contributed by atoms with Crippen molar-refractivity contribution in [2.24, 2.45) is 5.10 Å². The molecule has 2 aromatic carbocycles. The van der Waals surface area contributed by atoms with Crippen LogP contribution in [0.1, 0.15) is 22.8 Å². The monoisotopic (exact) mass is 362 g/mol. The molecule has 0 radical (unpaired) electrons. The van der Waals surface area contributed by atoms with E-state index in [-0.39, 0.29) is 11.3 Å². The molecule has 0 saturated carbocycles. The average molecular weight is 363 g/mol. The molecule has 22 heavy (non-hydrogen) atoms. The molecule has 0 aliphatic rings. The van der Waals surface area contributed by atoms with Crippen molar-refractivity contribution >= 4 is 28.1 Å². The Morgan fingerprint density at radius 3 is 2.91 bits per heavy atom. The van der Waals surface area contributed by atoms with E-state index in [2.05, 4.69) is 26.5 Å². The summed E-state index contributed by atoms with van der Waals surface area (Å²) in [7, 11) is 0. The first-order chi connectivity index (χ1) is 10.6. The van der Waals surface area contributed by atoms with E-state index < -0.39 is 5.91 Å². The number of carbonyl (C=O) groups excluding carboxylic acids is 1. The quantitative estimate of drug-likeness (QED) is 0.633. The summed E-state index contributed by atoms with van der Waals surface area (Å²) in [5.41, 5.74) is 3.27. The number of benzene rings is 2. The van der Waals surface area contributed by atoms with Gasteiger partial charge in [0.1, 0.15) is 11.5 Å². The van der Waals surface area contributed by atoms with E-state index in [1.54, 1.807) is 6.07 Å². The van der Waals surface area contributed by atoms with Gasteiger partial charge >= 0.3 is 0 Å². The lowest BCUT2D eigenvalue weighted by Crippen LogP contribution is -2.17. The molecule has 0 spiro atoms. The van der Waals surface area contributed by atoms with Gasteiger partial charge in [0.05, 0.1) is 18.4 Å². The first kappa shape index (κ1) is 16.0. The van der Waals surface area contributed by atoms with E-state index in [0.717, 1.165) is 5.56 Å². The molecule has 0 atom stereocenters. The van der Waals surface area contributed by atoms with Gasteiger partial charge in [-0.1, -0.05) is 28.1 Å². The van der Waals surface area contributed by atoms with Gasteiger partial charge in [-0.25, -0.2) is 5.43 Å². The van der Waals surface area contributed by atoms with Gasteiger partial charge in [0.15, 0.2) is 0 Å². The second-order valence-corrected chi connectivity index (χ2v) is 5.25. The minimum atomic E-state index is -0.496. The summed E-state index contributed by atoms with van der Waals surface area (Å²) in [6, 6.07) is 12.0. The SMILES string of the molecule is CCOc1ccccc1C=NNC(=O)c1cc(Br)ccc1O. The Balaban J connectivity index is 2.09. The highest BCUT2D eigenvalue weighted by atomic mass is 79.9. The first-order valence-corrected chi connectivity index (χ1v) is 7.45. The van der Waals surface area contributed by atoms with Crippen molar-refractivity contribution in [2.45, 2.75) is 6.92 Å². The summed E-state index contributed by atoms with van der Waals surface area (Å²) in [5.74, 6) is 0.0860. The van der Waals surface area contributed by atoms with Gasteiger partial charge in [-0.15, -0.1) is 0 Å². The van der Waals surface area contributed by atoms with Gasteiger partial charge in [-0.05, 0) is 37.3 Å². The Bertz CT molecular complexity index is 702.